The minimum Gasteiger partial charge on any atom is -0.314 e. The topological polar surface area (TPSA) is 37.4 Å². The van der Waals surface area contributed by atoms with Crippen molar-refractivity contribution in [1.29, 1.82) is 0 Å². The molecule has 116 valence electrons. The number of allylic oxidation sites excluding steroid dienone is 1. The van der Waals surface area contributed by atoms with Gasteiger partial charge in [-0.3, -0.25) is 9.59 Å². The summed E-state index contributed by atoms with van der Waals surface area (Å²) in [6.07, 6.45) is 3.79. The number of hydrogen-bond acceptors (Lipinski definition) is 4. The van der Waals surface area contributed by atoms with Gasteiger partial charge in [-0.25, -0.2) is 0 Å². The number of thioether (sulfide) groups is 1. The normalized spacial score (nSPS) is 26.1. The number of thiophene rings is 1. The minimum atomic E-state index is -0.742. The number of likely N-dealkylation sites (N-methyl/N-ethyl adjacent to an activating group) is 1. The Labute approximate surface area is 143 Å². The fourth-order valence-electron chi connectivity index (χ4n) is 3.44. The van der Waals surface area contributed by atoms with Gasteiger partial charge in [-0.2, -0.15) is 0 Å². The number of carbonyl (C=O) groups excluding carboxylic acids is 2. The van der Waals surface area contributed by atoms with Crippen LogP contribution in [0.2, 0.25) is 0 Å². The smallest absolute Gasteiger partial charge is 0.242 e. The Bertz CT molecular complexity index is 812. The molecule has 23 heavy (non-hydrogen) atoms. The Morgan fingerprint density at radius 1 is 1.22 bits per heavy atom. The number of hydrogen-bond donors (Lipinski definition) is 0. The molecule has 0 fully saturated rings. The number of amides is 1. The number of nitrogens with zero attached hydrogens (tertiary/aromatic N) is 1. The third kappa shape index (κ3) is 2.11. The molecule has 1 amide bonds. The maximum atomic E-state index is 13.1. The van der Waals surface area contributed by atoms with E-state index >= 15 is 0 Å². The second-order valence-electron chi connectivity index (χ2n) is 5.79. The van der Waals surface area contributed by atoms with Gasteiger partial charge in [0.2, 0.25) is 5.91 Å². The van der Waals surface area contributed by atoms with Crippen LogP contribution in [0.1, 0.15) is 12.0 Å². The van der Waals surface area contributed by atoms with E-state index in [0.29, 0.717) is 6.42 Å². The maximum Gasteiger partial charge on any atom is 0.242 e. The zero-order valence-electron chi connectivity index (χ0n) is 12.6. The van der Waals surface area contributed by atoms with Crippen LogP contribution in [0, 0.1) is 0 Å². The van der Waals surface area contributed by atoms with E-state index in [9.17, 15) is 9.59 Å². The van der Waals surface area contributed by atoms with E-state index in [4.69, 9.17) is 0 Å². The summed E-state index contributed by atoms with van der Waals surface area (Å²) in [6, 6.07) is 11.9. The fourth-order valence-corrected chi connectivity index (χ4v) is 5.80. The Balaban J connectivity index is 1.87. The molecule has 0 N–H and O–H groups in total. The Morgan fingerprint density at radius 3 is 2.83 bits per heavy atom. The van der Waals surface area contributed by atoms with Crippen LogP contribution in [-0.4, -0.2) is 24.0 Å². The molecule has 1 aromatic carbocycles. The summed E-state index contributed by atoms with van der Waals surface area (Å²) in [7, 11) is 1.81. The molecule has 2 aliphatic rings. The van der Waals surface area contributed by atoms with Crippen molar-refractivity contribution >= 4 is 40.5 Å². The summed E-state index contributed by atoms with van der Waals surface area (Å²) >= 11 is 3.29. The highest BCUT2D eigenvalue weighted by Crippen LogP contribution is 2.52. The van der Waals surface area contributed by atoms with Crippen LogP contribution < -0.4 is 4.90 Å². The van der Waals surface area contributed by atoms with E-state index in [2.05, 4.69) is 0 Å². The van der Waals surface area contributed by atoms with E-state index < -0.39 is 5.41 Å². The second-order valence-corrected chi connectivity index (χ2v) is 8.24. The average molecular weight is 341 g/mol. The molecule has 0 saturated heterocycles. The summed E-state index contributed by atoms with van der Waals surface area (Å²) < 4.78 is 1.14. The predicted molar refractivity (Wildman–Crippen MR) is 94.3 cm³/mol. The van der Waals surface area contributed by atoms with Crippen LogP contribution in [0.5, 0.6) is 0 Å². The van der Waals surface area contributed by atoms with Crippen LogP contribution >= 0.6 is 23.1 Å². The Hall–Kier alpha value is -1.85. The number of carbonyl (C=O) groups is 2. The molecule has 0 radical (unpaired) electrons. The van der Waals surface area contributed by atoms with Gasteiger partial charge in [-0.15, -0.1) is 23.1 Å². The molecule has 3 nitrogen and oxygen atoms in total. The van der Waals surface area contributed by atoms with Crippen molar-refractivity contribution in [1.82, 2.24) is 0 Å². The monoisotopic (exact) mass is 341 g/mol. The molecule has 1 spiro atoms. The summed E-state index contributed by atoms with van der Waals surface area (Å²) in [6.45, 7) is 0. The first-order valence-electron chi connectivity index (χ1n) is 7.43. The first kappa shape index (κ1) is 14.7. The highest BCUT2D eigenvalue weighted by atomic mass is 32.2. The summed E-state index contributed by atoms with van der Waals surface area (Å²) in [5, 5.41) is 1.91. The van der Waals surface area contributed by atoms with Gasteiger partial charge in [0.05, 0.1) is 4.21 Å². The molecule has 0 unspecified atom stereocenters. The first-order chi connectivity index (χ1) is 11.1. The quantitative estimate of drug-likeness (QED) is 0.837. The molecular formula is C18H15NO2S2. The van der Waals surface area contributed by atoms with E-state index in [0.717, 1.165) is 15.5 Å². The number of rotatable bonds is 2. The molecule has 2 atom stereocenters. The van der Waals surface area contributed by atoms with Gasteiger partial charge in [0, 0.05) is 24.4 Å². The van der Waals surface area contributed by atoms with Gasteiger partial charge in [0.15, 0.2) is 5.78 Å². The molecule has 2 aromatic rings. The Kier molecular flexibility index (Phi) is 3.43. The fraction of sp³-hybridized carbons (Fsp3) is 0.222. The van der Waals surface area contributed by atoms with Gasteiger partial charge in [-0.05, 0) is 29.2 Å². The van der Waals surface area contributed by atoms with Gasteiger partial charge < -0.3 is 4.90 Å². The van der Waals surface area contributed by atoms with Crippen LogP contribution in [0.3, 0.4) is 0 Å². The summed E-state index contributed by atoms with van der Waals surface area (Å²) in [5.74, 6) is 0.140. The maximum absolute atomic E-state index is 13.1. The van der Waals surface area contributed by atoms with Gasteiger partial charge in [-0.1, -0.05) is 30.3 Å². The predicted octanol–water partition coefficient (Wildman–Crippen LogP) is 3.65. The van der Waals surface area contributed by atoms with E-state index in [1.54, 1.807) is 34.1 Å². The largest absolute Gasteiger partial charge is 0.314 e. The van der Waals surface area contributed by atoms with Crippen molar-refractivity contribution in [2.24, 2.45) is 0 Å². The van der Waals surface area contributed by atoms with Crippen molar-refractivity contribution < 1.29 is 9.59 Å². The van der Waals surface area contributed by atoms with E-state index in [1.165, 1.54) is 0 Å². The lowest BCUT2D eigenvalue weighted by Crippen LogP contribution is -2.47. The molecule has 0 saturated carbocycles. The molecular weight excluding hydrogens is 326 g/mol. The van der Waals surface area contributed by atoms with Crippen LogP contribution in [0.25, 0.3) is 0 Å². The van der Waals surface area contributed by atoms with Crippen LogP contribution in [0.4, 0.5) is 5.69 Å². The number of para-hydroxylation sites is 1. The standard InChI is InChI=1S/C18H15NO2S2/c1-19-14-6-3-2-5-13(14)18(17(19)21)9-8-12(20)11-15(18)23-16-7-4-10-22-16/h2-10,15H,11H2,1H3/t15-,18+/m1/s1. The zero-order chi connectivity index (χ0) is 16.0. The molecule has 1 aliphatic carbocycles. The summed E-state index contributed by atoms with van der Waals surface area (Å²) in [5.41, 5.74) is 1.20. The third-order valence-electron chi connectivity index (χ3n) is 4.55. The molecule has 1 aromatic heterocycles. The SMILES string of the molecule is CN1C(=O)[C@@]2(C=CC(=O)C[C@H]2Sc2cccs2)c2ccccc21. The second kappa shape index (κ2) is 5.35. The Morgan fingerprint density at radius 2 is 2.04 bits per heavy atom. The van der Waals surface area contributed by atoms with Crippen molar-refractivity contribution in [2.45, 2.75) is 21.3 Å². The first-order valence-corrected chi connectivity index (χ1v) is 9.19. The molecule has 5 heteroatoms. The zero-order valence-corrected chi connectivity index (χ0v) is 14.2. The van der Waals surface area contributed by atoms with E-state index in [1.807, 2.05) is 54.9 Å². The molecule has 4 rings (SSSR count). The minimum absolute atomic E-state index is 0.0523. The lowest BCUT2D eigenvalue weighted by molar-refractivity contribution is -0.122. The third-order valence-corrected chi connectivity index (χ3v) is 6.98. The highest BCUT2D eigenvalue weighted by molar-refractivity contribution is 8.01. The van der Waals surface area contributed by atoms with Gasteiger partial charge in [0.1, 0.15) is 5.41 Å². The molecule has 1 aliphatic heterocycles. The number of fused-ring (bicyclic) bond motifs is 2. The molecule has 2 heterocycles. The van der Waals surface area contributed by atoms with E-state index in [-0.39, 0.29) is 16.9 Å². The van der Waals surface area contributed by atoms with Crippen LogP contribution in [-0.2, 0) is 15.0 Å². The number of benzene rings is 1. The van der Waals surface area contributed by atoms with Gasteiger partial charge >= 0.3 is 0 Å². The molecule has 0 bridgehead atoms. The number of anilines is 1. The van der Waals surface area contributed by atoms with Crippen molar-refractivity contribution in [3.05, 3.63) is 59.5 Å². The van der Waals surface area contributed by atoms with Crippen molar-refractivity contribution in [3.63, 3.8) is 0 Å². The lowest BCUT2D eigenvalue weighted by atomic mass is 9.73. The van der Waals surface area contributed by atoms with Crippen molar-refractivity contribution in [3.8, 4) is 0 Å². The van der Waals surface area contributed by atoms with Crippen LogP contribution in [0.15, 0.2) is 58.1 Å². The van der Waals surface area contributed by atoms with Gasteiger partial charge in [0.25, 0.3) is 0 Å². The average Bonchev–Trinajstić information content (AvgIpc) is 3.13. The lowest BCUT2D eigenvalue weighted by Gasteiger charge is -2.35. The summed E-state index contributed by atoms with van der Waals surface area (Å²) in [4.78, 5) is 26.9. The van der Waals surface area contributed by atoms with Crippen molar-refractivity contribution in [2.75, 3.05) is 11.9 Å². The number of ketones is 1. The highest BCUT2D eigenvalue weighted by Gasteiger charge is 2.55.